The Hall–Kier alpha value is -1.09. The largest absolute Gasteiger partial charge is 0.497 e. The molecule has 0 radical (unpaired) electrons. The van der Waals surface area contributed by atoms with E-state index in [0.717, 1.165) is 6.54 Å². The first-order chi connectivity index (χ1) is 5.81. The first kappa shape index (κ1) is 7.55. The molecule has 0 aliphatic carbocycles. The average molecular weight is 167 g/mol. The van der Waals surface area contributed by atoms with Crippen LogP contribution in [0.25, 0.3) is 0 Å². The van der Waals surface area contributed by atoms with Crippen molar-refractivity contribution in [2.45, 2.75) is 6.04 Å². The van der Waals surface area contributed by atoms with Crippen molar-refractivity contribution in [2.24, 2.45) is 0 Å². The zero-order valence-corrected chi connectivity index (χ0v) is 6.80. The van der Waals surface area contributed by atoms with Crippen LogP contribution in [0, 0.1) is 5.82 Å². The van der Waals surface area contributed by atoms with E-state index in [1.165, 1.54) is 6.07 Å². The minimum atomic E-state index is -0.161. The van der Waals surface area contributed by atoms with Gasteiger partial charge in [-0.1, -0.05) is 0 Å². The molecule has 1 fully saturated rings. The molecular weight excluding hydrogens is 157 g/mol. The van der Waals surface area contributed by atoms with Gasteiger partial charge in [0.25, 0.3) is 0 Å². The molecule has 1 saturated heterocycles. The number of hydrogen-bond donors (Lipinski definition) is 1. The minimum absolute atomic E-state index is 0.161. The molecular formula is C9H10FNO. The van der Waals surface area contributed by atoms with E-state index in [1.54, 1.807) is 19.2 Å². The third-order valence-electron chi connectivity index (χ3n) is 1.99. The summed E-state index contributed by atoms with van der Waals surface area (Å²) in [5, 5.41) is 3.05. The van der Waals surface area contributed by atoms with Gasteiger partial charge in [0.1, 0.15) is 11.6 Å². The van der Waals surface area contributed by atoms with Crippen LogP contribution >= 0.6 is 0 Å². The van der Waals surface area contributed by atoms with Crippen LogP contribution < -0.4 is 10.1 Å². The maximum absolute atomic E-state index is 13.1. The molecule has 0 unspecified atom stereocenters. The van der Waals surface area contributed by atoms with E-state index in [9.17, 15) is 4.39 Å². The van der Waals surface area contributed by atoms with Gasteiger partial charge in [-0.2, -0.15) is 0 Å². The van der Waals surface area contributed by atoms with E-state index < -0.39 is 0 Å². The maximum atomic E-state index is 13.1. The lowest BCUT2D eigenvalue weighted by atomic mass is 10.1. The van der Waals surface area contributed by atoms with E-state index in [2.05, 4.69) is 5.32 Å². The molecule has 0 spiro atoms. The molecule has 12 heavy (non-hydrogen) atoms. The van der Waals surface area contributed by atoms with Gasteiger partial charge in [0.2, 0.25) is 0 Å². The Labute approximate surface area is 70.3 Å². The Morgan fingerprint density at radius 3 is 2.92 bits per heavy atom. The SMILES string of the molecule is COc1ccc(F)c([C@H]2CN2)c1. The van der Waals surface area contributed by atoms with E-state index in [-0.39, 0.29) is 11.9 Å². The monoisotopic (exact) mass is 167 g/mol. The molecule has 2 nitrogen and oxygen atoms in total. The summed E-state index contributed by atoms with van der Waals surface area (Å²) in [6.07, 6.45) is 0. The van der Waals surface area contributed by atoms with E-state index in [1.807, 2.05) is 0 Å². The summed E-state index contributed by atoms with van der Waals surface area (Å²) in [5.41, 5.74) is 0.703. The second kappa shape index (κ2) is 2.75. The highest BCUT2D eigenvalue weighted by atomic mass is 19.1. The zero-order chi connectivity index (χ0) is 8.55. The fraction of sp³-hybridized carbons (Fsp3) is 0.333. The van der Waals surface area contributed by atoms with Gasteiger partial charge in [-0.3, -0.25) is 0 Å². The topological polar surface area (TPSA) is 31.2 Å². The van der Waals surface area contributed by atoms with Gasteiger partial charge in [0.05, 0.1) is 7.11 Å². The van der Waals surface area contributed by atoms with Gasteiger partial charge in [-0.05, 0) is 18.2 Å². The number of benzene rings is 1. The predicted molar refractivity (Wildman–Crippen MR) is 43.7 cm³/mol. The molecule has 0 aromatic heterocycles. The van der Waals surface area contributed by atoms with Crippen molar-refractivity contribution >= 4 is 0 Å². The number of ether oxygens (including phenoxy) is 1. The number of methoxy groups -OCH3 is 1. The first-order valence-electron chi connectivity index (χ1n) is 3.88. The maximum Gasteiger partial charge on any atom is 0.128 e. The van der Waals surface area contributed by atoms with Gasteiger partial charge >= 0.3 is 0 Å². The lowest BCUT2D eigenvalue weighted by molar-refractivity contribution is 0.412. The van der Waals surface area contributed by atoms with Gasteiger partial charge < -0.3 is 10.1 Å². The molecule has 64 valence electrons. The molecule has 1 aromatic rings. The molecule has 1 aliphatic heterocycles. The first-order valence-corrected chi connectivity index (χ1v) is 3.88. The summed E-state index contributed by atoms with van der Waals surface area (Å²) in [5.74, 6) is 0.547. The molecule has 1 aliphatic rings. The van der Waals surface area contributed by atoms with Gasteiger partial charge in [-0.25, -0.2) is 4.39 Å². The quantitative estimate of drug-likeness (QED) is 0.676. The third kappa shape index (κ3) is 1.28. The molecule has 0 bridgehead atoms. The van der Waals surface area contributed by atoms with Crippen LogP contribution in [0.4, 0.5) is 4.39 Å². The Kier molecular flexibility index (Phi) is 1.73. The zero-order valence-electron chi connectivity index (χ0n) is 6.80. The Morgan fingerprint density at radius 2 is 2.33 bits per heavy atom. The van der Waals surface area contributed by atoms with Crippen molar-refractivity contribution in [2.75, 3.05) is 13.7 Å². The fourth-order valence-corrected chi connectivity index (χ4v) is 1.19. The fourth-order valence-electron chi connectivity index (χ4n) is 1.19. The summed E-state index contributed by atoms with van der Waals surface area (Å²) in [6.45, 7) is 0.865. The summed E-state index contributed by atoms with van der Waals surface area (Å²) in [6, 6.07) is 5.00. The Bertz CT molecular complexity index is 297. The van der Waals surface area contributed by atoms with Gasteiger partial charge in [0.15, 0.2) is 0 Å². The van der Waals surface area contributed by atoms with Crippen molar-refractivity contribution in [3.63, 3.8) is 0 Å². The van der Waals surface area contributed by atoms with Crippen molar-refractivity contribution < 1.29 is 9.13 Å². The molecule has 3 heteroatoms. The van der Waals surface area contributed by atoms with Gasteiger partial charge in [-0.15, -0.1) is 0 Å². The van der Waals surface area contributed by atoms with Crippen LogP contribution in [0.3, 0.4) is 0 Å². The highest BCUT2D eigenvalue weighted by Crippen LogP contribution is 2.27. The molecule has 1 atom stereocenters. The summed E-state index contributed by atoms with van der Waals surface area (Å²) in [4.78, 5) is 0. The highest BCUT2D eigenvalue weighted by molar-refractivity contribution is 5.34. The van der Waals surface area contributed by atoms with E-state index >= 15 is 0 Å². The Morgan fingerprint density at radius 1 is 1.58 bits per heavy atom. The smallest absolute Gasteiger partial charge is 0.128 e. The lowest BCUT2D eigenvalue weighted by Crippen LogP contribution is -1.92. The number of rotatable bonds is 2. The molecule has 1 heterocycles. The molecule has 0 saturated carbocycles. The molecule has 1 aromatic carbocycles. The van der Waals surface area contributed by atoms with Crippen molar-refractivity contribution in [3.05, 3.63) is 29.6 Å². The van der Waals surface area contributed by atoms with Gasteiger partial charge in [0, 0.05) is 18.2 Å². The van der Waals surface area contributed by atoms with Crippen molar-refractivity contribution in [1.29, 1.82) is 0 Å². The highest BCUT2D eigenvalue weighted by Gasteiger charge is 2.25. The summed E-state index contributed by atoms with van der Waals surface area (Å²) in [7, 11) is 1.58. The minimum Gasteiger partial charge on any atom is -0.497 e. The second-order valence-electron chi connectivity index (χ2n) is 2.85. The van der Waals surface area contributed by atoms with Crippen LogP contribution in [-0.2, 0) is 0 Å². The molecule has 0 amide bonds. The van der Waals surface area contributed by atoms with E-state index in [4.69, 9.17) is 4.74 Å². The summed E-state index contributed by atoms with van der Waals surface area (Å²) >= 11 is 0. The van der Waals surface area contributed by atoms with E-state index in [0.29, 0.717) is 11.3 Å². The predicted octanol–water partition coefficient (Wildman–Crippen LogP) is 1.48. The van der Waals surface area contributed by atoms with Crippen LogP contribution in [0.5, 0.6) is 5.75 Å². The van der Waals surface area contributed by atoms with Crippen molar-refractivity contribution in [3.8, 4) is 5.75 Å². The van der Waals surface area contributed by atoms with Crippen LogP contribution in [0.2, 0.25) is 0 Å². The standard InChI is InChI=1S/C9H10FNO/c1-12-6-2-3-8(10)7(4-6)9-5-11-9/h2-4,9,11H,5H2,1H3/t9-/m1/s1. The second-order valence-corrected chi connectivity index (χ2v) is 2.85. The number of halogens is 1. The molecule has 2 rings (SSSR count). The molecule has 1 N–H and O–H groups in total. The van der Waals surface area contributed by atoms with Crippen LogP contribution in [0.15, 0.2) is 18.2 Å². The number of hydrogen-bond acceptors (Lipinski definition) is 2. The summed E-state index contributed by atoms with van der Waals surface area (Å²) < 4.78 is 18.1. The lowest BCUT2D eigenvalue weighted by Gasteiger charge is -2.03. The number of nitrogens with one attached hydrogen (secondary N) is 1. The Balaban J connectivity index is 2.36. The third-order valence-corrected chi connectivity index (χ3v) is 1.99. The van der Waals surface area contributed by atoms with Crippen molar-refractivity contribution in [1.82, 2.24) is 5.32 Å². The van der Waals surface area contributed by atoms with Crippen LogP contribution in [-0.4, -0.2) is 13.7 Å². The normalized spacial score (nSPS) is 20.7. The van der Waals surface area contributed by atoms with Crippen LogP contribution in [0.1, 0.15) is 11.6 Å². The average Bonchev–Trinajstić information content (AvgIpc) is 2.88.